The summed E-state index contributed by atoms with van der Waals surface area (Å²) in [4.78, 5) is 19.7. The number of aromatic nitrogens is 4. The molecule has 0 spiro atoms. The first-order valence-corrected chi connectivity index (χ1v) is 9.99. The van der Waals surface area contributed by atoms with Crippen molar-refractivity contribution in [3.05, 3.63) is 64.8 Å². The zero-order valence-electron chi connectivity index (χ0n) is 16.7. The van der Waals surface area contributed by atoms with Gasteiger partial charge in [-0.15, -0.1) is 0 Å². The number of aryl methyl sites for hydroxylation is 2. The van der Waals surface area contributed by atoms with Crippen molar-refractivity contribution in [2.75, 3.05) is 5.32 Å². The minimum absolute atomic E-state index is 0.354. The van der Waals surface area contributed by atoms with Gasteiger partial charge >= 0.3 is 0 Å². The Balaban J connectivity index is 2.06. The smallest absolute Gasteiger partial charge is 0.247 e. The molecule has 1 aromatic carbocycles. The highest BCUT2D eigenvalue weighted by molar-refractivity contribution is 9.10. The molecular weight excluding hydrogens is 449 g/mol. The molecule has 0 saturated carbocycles. The van der Waals surface area contributed by atoms with E-state index in [1.807, 2.05) is 20.2 Å². The van der Waals surface area contributed by atoms with Gasteiger partial charge in [-0.2, -0.15) is 5.10 Å². The van der Waals surface area contributed by atoms with Crippen LogP contribution in [-0.4, -0.2) is 25.7 Å². The number of H-pyrrole nitrogens is 1. The molecule has 0 aliphatic carbocycles. The first-order valence-electron chi connectivity index (χ1n) is 9.20. The maximum atomic E-state index is 14.9. The van der Waals surface area contributed by atoms with Crippen molar-refractivity contribution >= 4 is 38.6 Å². The monoisotopic (exact) mass is 467 g/mol. The molecule has 4 rings (SSSR count). The summed E-state index contributed by atoms with van der Waals surface area (Å²) < 4.78 is 17.4. The van der Waals surface area contributed by atoms with Gasteiger partial charge in [0, 0.05) is 51.7 Å². The Labute approximate surface area is 181 Å². The predicted octanol–water partition coefficient (Wildman–Crippen LogP) is 5.27. The summed E-state index contributed by atoms with van der Waals surface area (Å²) in [7, 11) is 1.83. The van der Waals surface area contributed by atoms with Gasteiger partial charge in [0.05, 0.1) is 11.9 Å². The van der Waals surface area contributed by atoms with Crippen molar-refractivity contribution < 1.29 is 9.18 Å². The van der Waals surface area contributed by atoms with Crippen LogP contribution in [0.1, 0.15) is 11.1 Å². The molecule has 3 heterocycles. The molecule has 1 amide bonds. The second-order valence-electron chi connectivity index (χ2n) is 7.06. The fourth-order valence-electron chi connectivity index (χ4n) is 3.48. The van der Waals surface area contributed by atoms with Crippen molar-refractivity contribution in [1.29, 1.82) is 0 Å². The highest BCUT2D eigenvalue weighted by atomic mass is 79.9. The Morgan fingerprint density at radius 3 is 2.70 bits per heavy atom. The number of benzene rings is 1. The first-order chi connectivity index (χ1) is 14.3. The first kappa shape index (κ1) is 20.0. The van der Waals surface area contributed by atoms with Crippen molar-refractivity contribution in [1.82, 2.24) is 19.7 Å². The van der Waals surface area contributed by atoms with Crippen LogP contribution in [-0.2, 0) is 11.8 Å². The van der Waals surface area contributed by atoms with Crippen LogP contribution in [0.2, 0.25) is 0 Å². The maximum Gasteiger partial charge on any atom is 0.247 e. The van der Waals surface area contributed by atoms with Gasteiger partial charge < -0.3 is 10.3 Å². The molecule has 0 radical (unpaired) electrons. The van der Waals surface area contributed by atoms with E-state index in [0.29, 0.717) is 22.5 Å². The van der Waals surface area contributed by atoms with Gasteiger partial charge in [-0.1, -0.05) is 6.58 Å². The molecule has 0 saturated heterocycles. The number of pyridine rings is 1. The van der Waals surface area contributed by atoms with Crippen LogP contribution in [0.15, 0.2) is 47.9 Å². The number of hydrogen-bond donors (Lipinski definition) is 2. The molecule has 0 fully saturated rings. The van der Waals surface area contributed by atoms with E-state index in [0.717, 1.165) is 38.3 Å². The highest BCUT2D eigenvalue weighted by Gasteiger charge is 2.21. The van der Waals surface area contributed by atoms with E-state index in [-0.39, 0.29) is 0 Å². The number of hydrogen-bond acceptors (Lipinski definition) is 3. The molecule has 0 aliphatic heterocycles. The number of nitrogens with zero attached hydrogens (tertiary/aromatic N) is 3. The molecule has 8 heteroatoms. The third-order valence-electron chi connectivity index (χ3n) is 5.09. The fraction of sp³-hybridized carbons (Fsp3) is 0.136. The summed E-state index contributed by atoms with van der Waals surface area (Å²) in [5.41, 5.74) is 5.42. The Hall–Kier alpha value is -3.26. The highest BCUT2D eigenvalue weighted by Crippen LogP contribution is 2.42. The quantitative estimate of drug-likeness (QED) is 0.401. The lowest BCUT2D eigenvalue weighted by Crippen LogP contribution is -2.09. The van der Waals surface area contributed by atoms with E-state index >= 15 is 0 Å². The number of carbonyl (C=O) groups excluding carboxylic acids is 1. The van der Waals surface area contributed by atoms with Gasteiger partial charge in [0.25, 0.3) is 0 Å². The van der Waals surface area contributed by atoms with Crippen molar-refractivity contribution in [2.24, 2.45) is 7.05 Å². The third kappa shape index (κ3) is 3.33. The number of anilines is 1. The van der Waals surface area contributed by atoms with Crippen molar-refractivity contribution in [3.63, 3.8) is 0 Å². The Morgan fingerprint density at radius 1 is 1.27 bits per heavy atom. The molecular formula is C22H19BrFN5O. The SMILES string of the molecule is C=CC(=O)Nc1cc(-c2c(-c3cnn(C)c3)[nH]c3ncc(Br)c(C)c23)cc(F)c1C. The van der Waals surface area contributed by atoms with Gasteiger partial charge in [-0.3, -0.25) is 9.48 Å². The fourth-order valence-corrected chi connectivity index (χ4v) is 3.78. The molecule has 0 aliphatic rings. The van der Waals surface area contributed by atoms with Crippen LogP contribution in [0.25, 0.3) is 33.4 Å². The minimum Gasteiger partial charge on any atom is -0.339 e. The van der Waals surface area contributed by atoms with Crippen molar-refractivity contribution in [2.45, 2.75) is 13.8 Å². The third-order valence-corrected chi connectivity index (χ3v) is 5.89. The second-order valence-corrected chi connectivity index (χ2v) is 7.91. The molecule has 4 aromatic rings. The van der Waals surface area contributed by atoms with Gasteiger partial charge in [0.15, 0.2) is 0 Å². The van der Waals surface area contributed by atoms with Crippen LogP contribution in [0.5, 0.6) is 0 Å². The topological polar surface area (TPSA) is 75.6 Å². The predicted molar refractivity (Wildman–Crippen MR) is 120 cm³/mol. The number of nitrogens with one attached hydrogen (secondary N) is 2. The minimum atomic E-state index is -0.418. The Kier molecular flexibility index (Phi) is 5.03. The average molecular weight is 468 g/mol. The Morgan fingerprint density at radius 2 is 2.03 bits per heavy atom. The van der Waals surface area contributed by atoms with Crippen LogP contribution in [0.3, 0.4) is 0 Å². The van der Waals surface area contributed by atoms with E-state index < -0.39 is 11.7 Å². The van der Waals surface area contributed by atoms with E-state index in [9.17, 15) is 9.18 Å². The summed E-state index contributed by atoms with van der Waals surface area (Å²) >= 11 is 3.54. The lowest BCUT2D eigenvalue weighted by atomic mass is 9.96. The average Bonchev–Trinajstić information content (AvgIpc) is 3.31. The standard InChI is InChI=1S/C22H19BrFN5O/c1-5-18(30)27-17-7-13(6-16(24)12(17)3)20-19-11(2)15(23)9-25-22(19)28-21(20)14-8-26-29(4)10-14/h5-10H,1H2,2-4H3,(H,25,28)(H,27,30). The zero-order chi connectivity index (χ0) is 21.6. The summed E-state index contributed by atoms with van der Waals surface area (Å²) in [6.07, 6.45) is 6.51. The molecule has 2 N–H and O–H groups in total. The van der Waals surface area contributed by atoms with Crippen LogP contribution >= 0.6 is 15.9 Å². The van der Waals surface area contributed by atoms with E-state index in [2.05, 4.69) is 42.9 Å². The molecule has 30 heavy (non-hydrogen) atoms. The number of halogens is 2. The maximum absolute atomic E-state index is 14.9. The largest absolute Gasteiger partial charge is 0.339 e. The van der Waals surface area contributed by atoms with Gasteiger partial charge in [-0.25, -0.2) is 9.37 Å². The molecule has 0 bridgehead atoms. The van der Waals surface area contributed by atoms with Gasteiger partial charge in [-0.05, 0) is 59.1 Å². The number of carbonyl (C=O) groups is 1. The number of rotatable bonds is 4. The van der Waals surface area contributed by atoms with Crippen LogP contribution < -0.4 is 5.32 Å². The van der Waals surface area contributed by atoms with Gasteiger partial charge in [0.1, 0.15) is 11.5 Å². The molecule has 0 unspecified atom stereocenters. The number of amides is 1. The summed E-state index contributed by atoms with van der Waals surface area (Å²) in [6.45, 7) is 7.07. The normalized spacial score (nSPS) is 11.1. The molecule has 152 valence electrons. The van der Waals surface area contributed by atoms with E-state index in [4.69, 9.17) is 0 Å². The molecule has 0 atom stereocenters. The van der Waals surface area contributed by atoms with E-state index in [1.165, 1.54) is 6.07 Å². The van der Waals surface area contributed by atoms with Gasteiger partial charge in [0.2, 0.25) is 5.91 Å². The molecule has 3 aromatic heterocycles. The summed E-state index contributed by atoms with van der Waals surface area (Å²) in [5.74, 6) is -0.819. The molecule has 6 nitrogen and oxygen atoms in total. The second kappa shape index (κ2) is 7.53. The lowest BCUT2D eigenvalue weighted by Gasteiger charge is -2.12. The van der Waals surface area contributed by atoms with Crippen molar-refractivity contribution in [3.8, 4) is 22.4 Å². The summed E-state index contributed by atoms with van der Waals surface area (Å²) in [5, 5.41) is 7.82. The lowest BCUT2D eigenvalue weighted by molar-refractivity contribution is -0.111. The number of aromatic amines is 1. The number of fused-ring (bicyclic) bond motifs is 1. The summed E-state index contributed by atoms with van der Waals surface area (Å²) in [6, 6.07) is 3.24. The van der Waals surface area contributed by atoms with E-state index in [1.54, 1.807) is 30.1 Å². The Bertz CT molecular complexity index is 1320. The van der Waals surface area contributed by atoms with Crippen LogP contribution in [0, 0.1) is 19.7 Å². The zero-order valence-corrected chi connectivity index (χ0v) is 18.3. The van der Waals surface area contributed by atoms with Crippen LogP contribution in [0.4, 0.5) is 10.1 Å².